The maximum absolute atomic E-state index is 12.1. The molecule has 0 spiro atoms. The van der Waals surface area contributed by atoms with Gasteiger partial charge < -0.3 is 19.8 Å². The van der Waals surface area contributed by atoms with Gasteiger partial charge >= 0.3 is 5.97 Å². The summed E-state index contributed by atoms with van der Waals surface area (Å²) in [4.78, 5) is 17.0. The van der Waals surface area contributed by atoms with Crippen molar-refractivity contribution in [2.45, 2.75) is 77.4 Å². The van der Waals surface area contributed by atoms with Crippen LogP contribution >= 0.6 is 0 Å². The number of hydrogen-bond donors (Lipinski definition) is 2. The Bertz CT molecular complexity index is 445. The highest BCUT2D eigenvalue weighted by Gasteiger charge is 2.30. The fourth-order valence-corrected chi connectivity index (χ4v) is 3.25. The summed E-state index contributed by atoms with van der Waals surface area (Å²) in [6.45, 7) is 7.31. The monoisotopic (exact) mass is 343 g/mol. The van der Waals surface area contributed by atoms with E-state index in [1.807, 2.05) is 20.8 Å². The first-order valence-corrected chi connectivity index (χ1v) is 8.75. The van der Waals surface area contributed by atoms with E-state index in [0.717, 1.165) is 5.71 Å². The molecule has 24 heavy (non-hydrogen) atoms. The van der Waals surface area contributed by atoms with Gasteiger partial charge in [0, 0.05) is 0 Å². The largest absolute Gasteiger partial charge is 0.462 e. The van der Waals surface area contributed by atoms with Gasteiger partial charge in [0.2, 0.25) is 0 Å². The van der Waals surface area contributed by atoms with Crippen LogP contribution in [-0.2, 0) is 14.4 Å². The summed E-state index contributed by atoms with van der Waals surface area (Å²) in [5, 5.41) is 25.1. The summed E-state index contributed by atoms with van der Waals surface area (Å²) in [7, 11) is 1.49. The van der Waals surface area contributed by atoms with Crippen LogP contribution in [0.3, 0.4) is 0 Å². The Labute approximate surface area is 145 Å². The maximum Gasteiger partial charge on any atom is 0.308 e. The molecule has 6 heteroatoms. The van der Waals surface area contributed by atoms with Gasteiger partial charge in [-0.3, -0.25) is 4.79 Å². The lowest BCUT2D eigenvalue weighted by molar-refractivity contribution is -0.156. The standard InChI is InChI=1S/C18H33NO5/c1-13-10-14(2)16(20)24-12-18(4,22)9-7-15(19-23-5)6-8-17(3,21)11-13/h13-14,21-22H,6-12H2,1-5H3/b19-15+/t13-,14+,17+,18-/m0/s1. The number of ether oxygens (including phenoxy) is 1. The van der Waals surface area contributed by atoms with Crippen LogP contribution in [0.15, 0.2) is 5.16 Å². The van der Waals surface area contributed by atoms with Crippen LogP contribution in [0.5, 0.6) is 0 Å². The Hall–Kier alpha value is -1.14. The molecule has 1 aliphatic heterocycles. The van der Waals surface area contributed by atoms with Crippen LogP contribution in [0.4, 0.5) is 0 Å². The van der Waals surface area contributed by atoms with E-state index in [0.29, 0.717) is 38.5 Å². The fraction of sp³-hybridized carbons (Fsp3) is 0.889. The van der Waals surface area contributed by atoms with Crippen molar-refractivity contribution in [3.8, 4) is 0 Å². The molecule has 0 bridgehead atoms. The highest BCUT2D eigenvalue weighted by molar-refractivity contribution is 5.84. The second-order valence-electron chi connectivity index (χ2n) is 7.89. The Kier molecular flexibility index (Phi) is 7.67. The molecule has 1 aliphatic rings. The third kappa shape index (κ3) is 7.62. The summed E-state index contributed by atoms with van der Waals surface area (Å²) in [5.41, 5.74) is -1.14. The lowest BCUT2D eigenvalue weighted by Crippen LogP contribution is -2.35. The first-order valence-electron chi connectivity index (χ1n) is 8.75. The number of oxime groups is 1. The van der Waals surface area contributed by atoms with Gasteiger partial charge in [0.1, 0.15) is 13.7 Å². The smallest absolute Gasteiger partial charge is 0.308 e. The Morgan fingerprint density at radius 2 is 1.75 bits per heavy atom. The predicted octanol–water partition coefficient (Wildman–Crippen LogP) is 2.66. The van der Waals surface area contributed by atoms with E-state index in [9.17, 15) is 15.0 Å². The van der Waals surface area contributed by atoms with E-state index in [-0.39, 0.29) is 24.4 Å². The number of carbonyl (C=O) groups excluding carboxylic acids is 1. The number of esters is 1. The van der Waals surface area contributed by atoms with E-state index >= 15 is 0 Å². The number of hydrogen-bond acceptors (Lipinski definition) is 6. The molecule has 140 valence electrons. The summed E-state index contributed by atoms with van der Waals surface area (Å²) in [6, 6.07) is 0. The number of carbonyl (C=O) groups is 1. The van der Waals surface area contributed by atoms with Gasteiger partial charge in [-0.1, -0.05) is 19.0 Å². The summed E-state index contributed by atoms with van der Waals surface area (Å²) in [6.07, 6.45) is 3.38. The van der Waals surface area contributed by atoms with Gasteiger partial charge in [-0.05, 0) is 58.3 Å². The van der Waals surface area contributed by atoms with E-state index in [2.05, 4.69) is 5.16 Å². The van der Waals surface area contributed by atoms with Crippen LogP contribution in [-0.4, -0.2) is 46.8 Å². The van der Waals surface area contributed by atoms with E-state index < -0.39 is 11.2 Å². The fourth-order valence-electron chi connectivity index (χ4n) is 3.25. The number of rotatable bonds is 1. The van der Waals surface area contributed by atoms with Crippen molar-refractivity contribution < 1.29 is 24.6 Å². The van der Waals surface area contributed by atoms with E-state index in [4.69, 9.17) is 9.57 Å². The van der Waals surface area contributed by atoms with Crippen molar-refractivity contribution in [1.29, 1.82) is 0 Å². The third-order valence-electron chi connectivity index (χ3n) is 4.60. The molecule has 2 N–H and O–H groups in total. The molecule has 1 heterocycles. The Morgan fingerprint density at radius 1 is 1.17 bits per heavy atom. The number of cyclic esters (lactones) is 1. The molecule has 0 amide bonds. The maximum atomic E-state index is 12.1. The van der Waals surface area contributed by atoms with Crippen molar-refractivity contribution in [3.63, 3.8) is 0 Å². The predicted molar refractivity (Wildman–Crippen MR) is 92.7 cm³/mol. The minimum absolute atomic E-state index is 0.0253. The van der Waals surface area contributed by atoms with Crippen molar-refractivity contribution in [3.05, 3.63) is 0 Å². The minimum Gasteiger partial charge on any atom is -0.462 e. The average molecular weight is 343 g/mol. The van der Waals surface area contributed by atoms with Crippen LogP contribution in [0.25, 0.3) is 0 Å². The van der Waals surface area contributed by atoms with Gasteiger partial charge in [-0.2, -0.15) is 0 Å². The normalized spacial score (nSPS) is 39.1. The Balaban J connectivity index is 2.90. The lowest BCUT2D eigenvalue weighted by Gasteiger charge is -2.29. The molecule has 0 aromatic heterocycles. The van der Waals surface area contributed by atoms with Gasteiger partial charge in [-0.15, -0.1) is 0 Å². The molecule has 0 unspecified atom stereocenters. The topological polar surface area (TPSA) is 88.4 Å². The van der Waals surface area contributed by atoms with E-state index in [1.54, 1.807) is 6.92 Å². The van der Waals surface area contributed by atoms with Crippen molar-refractivity contribution >= 4 is 11.7 Å². The molecule has 0 radical (unpaired) electrons. The zero-order chi connectivity index (χ0) is 18.4. The molecular formula is C18H33NO5. The second-order valence-corrected chi connectivity index (χ2v) is 7.89. The molecule has 0 aliphatic carbocycles. The van der Waals surface area contributed by atoms with Gasteiger partial charge in [0.05, 0.1) is 22.8 Å². The van der Waals surface area contributed by atoms with Gasteiger partial charge in [-0.25, -0.2) is 0 Å². The van der Waals surface area contributed by atoms with Crippen LogP contribution in [0, 0.1) is 11.8 Å². The minimum atomic E-state index is -1.11. The lowest BCUT2D eigenvalue weighted by atomic mass is 9.83. The highest BCUT2D eigenvalue weighted by atomic mass is 16.6. The third-order valence-corrected chi connectivity index (χ3v) is 4.60. The molecule has 0 saturated carbocycles. The molecule has 0 aromatic rings. The van der Waals surface area contributed by atoms with Gasteiger partial charge in [0.15, 0.2) is 0 Å². The summed E-state index contributed by atoms with van der Waals surface area (Å²) < 4.78 is 5.29. The first kappa shape index (κ1) is 20.9. The van der Waals surface area contributed by atoms with Crippen LogP contribution in [0.1, 0.15) is 66.2 Å². The molecular weight excluding hydrogens is 310 g/mol. The molecule has 0 aromatic carbocycles. The number of nitrogens with zero attached hydrogens (tertiary/aromatic N) is 1. The zero-order valence-electron chi connectivity index (χ0n) is 15.7. The molecule has 1 fully saturated rings. The van der Waals surface area contributed by atoms with Crippen molar-refractivity contribution in [2.24, 2.45) is 17.0 Å². The molecule has 6 nitrogen and oxygen atoms in total. The highest BCUT2D eigenvalue weighted by Crippen LogP contribution is 2.28. The SMILES string of the molecule is CO/N=C1/CC[C@](C)(O)COC(=O)[C@H](C)C[C@H](C)C[C@](C)(O)CC1. The van der Waals surface area contributed by atoms with Crippen LogP contribution < -0.4 is 0 Å². The second kappa shape index (κ2) is 8.81. The van der Waals surface area contributed by atoms with Crippen molar-refractivity contribution in [1.82, 2.24) is 0 Å². The van der Waals surface area contributed by atoms with Crippen LogP contribution in [0.2, 0.25) is 0 Å². The summed E-state index contributed by atoms with van der Waals surface area (Å²) in [5.74, 6) is -0.362. The zero-order valence-corrected chi connectivity index (χ0v) is 15.7. The van der Waals surface area contributed by atoms with E-state index in [1.165, 1.54) is 7.11 Å². The quantitative estimate of drug-likeness (QED) is 0.564. The molecule has 4 atom stereocenters. The van der Waals surface area contributed by atoms with Crippen molar-refractivity contribution in [2.75, 3.05) is 13.7 Å². The molecule has 1 rings (SSSR count). The number of aliphatic hydroxyl groups is 2. The first-order chi connectivity index (χ1) is 11.0. The molecule has 1 saturated heterocycles. The van der Waals surface area contributed by atoms with Gasteiger partial charge in [0.25, 0.3) is 0 Å². The average Bonchev–Trinajstić information content (AvgIpc) is 2.46. The Morgan fingerprint density at radius 3 is 2.33 bits per heavy atom. The summed E-state index contributed by atoms with van der Waals surface area (Å²) >= 11 is 0.